The van der Waals surface area contributed by atoms with Crippen molar-refractivity contribution in [3.63, 3.8) is 0 Å². The van der Waals surface area contributed by atoms with Crippen molar-refractivity contribution in [1.29, 1.82) is 0 Å². The number of amidine groups is 1. The van der Waals surface area contributed by atoms with Crippen LogP contribution in [0.25, 0.3) is 0 Å². The molecule has 190 valence electrons. The van der Waals surface area contributed by atoms with Gasteiger partial charge in [0.15, 0.2) is 22.5 Å². The highest BCUT2D eigenvalue weighted by molar-refractivity contribution is 7.11. The van der Waals surface area contributed by atoms with Crippen LogP contribution in [0.5, 0.6) is 0 Å². The second-order valence-electron chi connectivity index (χ2n) is 11.2. The molecule has 7 aliphatic rings. The van der Waals surface area contributed by atoms with Crippen LogP contribution in [0.2, 0.25) is 5.02 Å². The Kier molecular flexibility index (Phi) is 3.94. The van der Waals surface area contributed by atoms with Gasteiger partial charge in [-0.25, -0.2) is 18.6 Å². The fourth-order valence-corrected chi connectivity index (χ4v) is 10.1. The lowest BCUT2D eigenvalue weighted by Gasteiger charge is -3.10. The van der Waals surface area contributed by atoms with Crippen molar-refractivity contribution < 1.29 is 28.2 Å². The monoisotopic (exact) mass is 543 g/mol. The molecule has 0 saturated heterocycles. The second-order valence-corrected chi connectivity index (χ2v) is 12.4. The smallest absolute Gasteiger partial charge is 0.338 e. The number of aliphatic imine (C=N–C) groups is 1. The van der Waals surface area contributed by atoms with E-state index in [0.29, 0.717) is 16.5 Å². The molecule has 2 aromatic rings. The van der Waals surface area contributed by atoms with E-state index in [1.54, 1.807) is 25.4 Å². The maximum absolute atomic E-state index is 14.6. The van der Waals surface area contributed by atoms with Gasteiger partial charge in [0.2, 0.25) is 0 Å². The van der Waals surface area contributed by atoms with E-state index in [1.807, 2.05) is 0 Å². The number of aliphatic carboxylic acids is 1. The topological polar surface area (TPSA) is 101 Å². The summed E-state index contributed by atoms with van der Waals surface area (Å²) in [7, 11) is 0. The minimum Gasteiger partial charge on any atom is -0.481 e. The number of thiazole rings is 1. The standard InChI is InChI=1S/C26H20ClF2N3O4S/c1-7(2)36-23(33)10-19(8-3-4-9(28)18(29)17(8)27)31-21(22-30-5-6-37-22)32-20(10)25-11-14-12(25)16-13(25)15(11)26(14,16)24(34)35/h3-7,11-16,19H,1-2H3,(H,31,32)(H,34,35)/t11?,12?,13?,14?,15?,16?,19-,25?,26?/m1/s1. The highest BCUT2D eigenvalue weighted by Crippen LogP contribution is 3.11. The molecule has 2 N–H and O–H groups in total. The largest absolute Gasteiger partial charge is 0.481 e. The molecule has 6 aliphatic carbocycles. The van der Waals surface area contributed by atoms with Crippen LogP contribution >= 0.6 is 22.9 Å². The number of carboxylic acids is 1. The third-order valence-electron chi connectivity index (χ3n) is 10.0. The zero-order valence-electron chi connectivity index (χ0n) is 19.5. The molecule has 0 radical (unpaired) electrons. The van der Waals surface area contributed by atoms with Gasteiger partial charge in [0.1, 0.15) is 6.04 Å². The average molecular weight is 544 g/mol. The molecule has 6 fully saturated rings. The fraction of sp³-hybridized carbons (Fsp3) is 0.462. The second kappa shape index (κ2) is 6.58. The van der Waals surface area contributed by atoms with Gasteiger partial charge >= 0.3 is 11.9 Å². The molecule has 1 aromatic heterocycles. The molecule has 11 heteroatoms. The zero-order valence-corrected chi connectivity index (χ0v) is 21.1. The molecule has 9 rings (SSSR count). The lowest BCUT2D eigenvalue weighted by molar-refractivity contribution is -0.633. The van der Waals surface area contributed by atoms with Gasteiger partial charge in [0, 0.05) is 28.3 Å². The van der Waals surface area contributed by atoms with Gasteiger partial charge in [-0.1, -0.05) is 17.7 Å². The maximum atomic E-state index is 14.6. The first kappa shape index (κ1) is 22.2. The summed E-state index contributed by atoms with van der Waals surface area (Å²) in [5.41, 5.74) is 0.103. The Balaban J connectivity index is 1.31. The summed E-state index contributed by atoms with van der Waals surface area (Å²) in [6.07, 6.45) is 1.21. The summed E-state index contributed by atoms with van der Waals surface area (Å²) < 4.78 is 34.2. The van der Waals surface area contributed by atoms with Crippen LogP contribution in [0.4, 0.5) is 8.78 Å². The number of hydrogen-bond acceptors (Lipinski definition) is 7. The first-order valence-corrected chi connectivity index (χ1v) is 13.5. The molecule has 2 heterocycles. The number of carbonyl (C=O) groups is 2. The van der Waals surface area contributed by atoms with Gasteiger partial charge < -0.3 is 15.2 Å². The van der Waals surface area contributed by atoms with Crippen molar-refractivity contribution in [3.8, 4) is 0 Å². The molecular weight excluding hydrogens is 524 g/mol. The SMILES string of the molecule is CC(C)OC(=O)C1=C(C23C4C5C2C2C3C4C52C(=O)O)NC(c2nccs2)=N[C@@H]1c1ccc(F)c(F)c1Cl. The molecule has 37 heavy (non-hydrogen) atoms. The van der Waals surface area contributed by atoms with Crippen molar-refractivity contribution in [1.82, 2.24) is 10.3 Å². The molecule has 0 amide bonds. The summed E-state index contributed by atoms with van der Waals surface area (Å²) in [4.78, 5) is 34.9. The molecule has 0 spiro atoms. The number of carboxylic acid groups (broad SMARTS) is 1. The third kappa shape index (κ3) is 2.05. The Morgan fingerprint density at radius 1 is 1.16 bits per heavy atom. The normalized spacial score (nSPS) is 40.8. The summed E-state index contributed by atoms with van der Waals surface area (Å²) in [6, 6.07) is 1.28. The zero-order chi connectivity index (χ0) is 25.8. The molecule has 6 saturated carbocycles. The number of halogens is 3. The summed E-state index contributed by atoms with van der Waals surface area (Å²) in [5.74, 6) is -2.32. The highest BCUT2D eigenvalue weighted by Gasteiger charge is 3.12. The molecule has 1 aliphatic heterocycles. The Hall–Kier alpha value is -2.85. The molecular formula is C26H20ClF2N3O4S. The van der Waals surface area contributed by atoms with Crippen LogP contribution in [-0.4, -0.2) is 34.0 Å². The van der Waals surface area contributed by atoms with E-state index in [0.717, 1.165) is 6.07 Å². The highest BCUT2D eigenvalue weighted by atomic mass is 35.5. The van der Waals surface area contributed by atoms with E-state index >= 15 is 0 Å². The number of nitrogens with zero attached hydrogens (tertiary/aromatic N) is 2. The maximum Gasteiger partial charge on any atom is 0.338 e. The summed E-state index contributed by atoms with van der Waals surface area (Å²) in [5, 5.41) is 15.3. The van der Waals surface area contributed by atoms with Crippen LogP contribution < -0.4 is 5.32 Å². The number of benzene rings is 1. The van der Waals surface area contributed by atoms with E-state index < -0.39 is 46.2 Å². The Morgan fingerprint density at radius 2 is 1.84 bits per heavy atom. The van der Waals surface area contributed by atoms with Gasteiger partial charge in [-0.15, -0.1) is 11.3 Å². The van der Waals surface area contributed by atoms with E-state index in [-0.39, 0.29) is 52.1 Å². The number of ether oxygens (including phenoxy) is 1. The van der Waals surface area contributed by atoms with Crippen molar-refractivity contribution in [2.24, 2.45) is 51.3 Å². The van der Waals surface area contributed by atoms with E-state index in [2.05, 4.69) is 10.3 Å². The number of esters is 1. The molecule has 0 bridgehead atoms. The summed E-state index contributed by atoms with van der Waals surface area (Å²) >= 11 is 7.65. The number of nitrogens with one attached hydrogen (secondary N) is 1. The average Bonchev–Trinajstić information content (AvgIpc) is 3.41. The van der Waals surface area contributed by atoms with Crippen LogP contribution in [-0.2, 0) is 14.3 Å². The van der Waals surface area contributed by atoms with Crippen molar-refractivity contribution in [2.45, 2.75) is 26.0 Å². The predicted octanol–water partition coefficient (Wildman–Crippen LogP) is 4.19. The van der Waals surface area contributed by atoms with Crippen LogP contribution in [0.3, 0.4) is 0 Å². The quantitative estimate of drug-likeness (QED) is 0.418. The van der Waals surface area contributed by atoms with Crippen molar-refractivity contribution in [3.05, 3.63) is 62.2 Å². The Morgan fingerprint density at radius 3 is 2.41 bits per heavy atom. The van der Waals surface area contributed by atoms with E-state index in [1.165, 1.54) is 17.4 Å². The fourth-order valence-electron chi connectivity index (χ4n) is 9.26. The summed E-state index contributed by atoms with van der Waals surface area (Å²) in [6.45, 7) is 3.47. The molecule has 1 aromatic carbocycles. The van der Waals surface area contributed by atoms with Gasteiger partial charge in [-0.2, -0.15) is 0 Å². The van der Waals surface area contributed by atoms with E-state index in [4.69, 9.17) is 21.3 Å². The van der Waals surface area contributed by atoms with Crippen LogP contribution in [0, 0.1) is 58.0 Å². The van der Waals surface area contributed by atoms with Crippen molar-refractivity contribution >= 4 is 40.7 Å². The third-order valence-corrected chi connectivity index (χ3v) is 11.2. The first-order valence-electron chi connectivity index (χ1n) is 12.3. The number of carbonyl (C=O) groups excluding carboxylic acids is 1. The Bertz CT molecular complexity index is 1470. The first-order chi connectivity index (χ1) is 17.7. The molecule has 0 unspecified atom stereocenters. The van der Waals surface area contributed by atoms with Crippen LogP contribution in [0.15, 0.2) is 40.0 Å². The van der Waals surface area contributed by atoms with Gasteiger partial charge in [0.05, 0.1) is 22.1 Å². The minimum atomic E-state index is -1.21. The van der Waals surface area contributed by atoms with Gasteiger partial charge in [-0.3, -0.25) is 9.79 Å². The van der Waals surface area contributed by atoms with Crippen LogP contribution in [0.1, 0.15) is 30.5 Å². The number of hydrogen-bond donors (Lipinski definition) is 2. The van der Waals surface area contributed by atoms with Crippen molar-refractivity contribution in [2.75, 3.05) is 0 Å². The molecule has 1 atom stereocenters. The van der Waals surface area contributed by atoms with Gasteiger partial charge in [-0.05, 0) is 55.4 Å². The lowest BCUT2D eigenvalue weighted by Crippen LogP contribution is -3.11. The number of rotatable bonds is 6. The number of allylic oxidation sites excluding steroid dienone is 1. The Labute approximate surface area is 218 Å². The molecule has 7 nitrogen and oxygen atoms in total. The predicted molar refractivity (Wildman–Crippen MR) is 128 cm³/mol. The van der Waals surface area contributed by atoms with E-state index in [9.17, 15) is 23.5 Å². The number of aromatic nitrogens is 1. The minimum absolute atomic E-state index is 0.120. The lowest BCUT2D eigenvalue weighted by atomic mass is 8.92. The van der Waals surface area contributed by atoms with Gasteiger partial charge in [0.25, 0.3) is 0 Å².